The number of para-hydroxylation sites is 1. The van der Waals surface area contributed by atoms with Gasteiger partial charge >= 0.3 is 0 Å². The third kappa shape index (κ3) is 3.14. The van der Waals surface area contributed by atoms with Gasteiger partial charge in [-0.1, -0.05) is 140 Å². The van der Waals surface area contributed by atoms with E-state index >= 15 is 0 Å². The summed E-state index contributed by atoms with van der Waals surface area (Å²) in [6, 6.07) is 54.5. The Morgan fingerprint density at radius 2 is 1.07 bits per heavy atom. The molecule has 1 atom stereocenters. The second-order valence-corrected chi connectivity index (χ2v) is 12.3. The minimum Gasteiger partial charge on any atom is -0.455 e. The van der Waals surface area contributed by atoms with Crippen molar-refractivity contribution in [1.29, 1.82) is 0 Å². The van der Waals surface area contributed by atoms with Crippen LogP contribution in [0.2, 0.25) is 0 Å². The molecule has 1 unspecified atom stereocenters. The highest BCUT2D eigenvalue weighted by Crippen LogP contribution is 2.63. The Kier molecular flexibility index (Phi) is 5.02. The number of fused-ring (bicyclic) bond motifs is 16. The Bertz CT molecular complexity index is 2600. The van der Waals surface area contributed by atoms with Crippen LogP contribution in [0, 0.1) is 6.57 Å². The number of hydrogen-bond donors (Lipinski definition) is 0. The molecule has 2 aliphatic rings. The zero-order valence-electron chi connectivity index (χ0n) is 24.8. The highest BCUT2D eigenvalue weighted by Gasteiger charge is 2.50. The van der Waals surface area contributed by atoms with Gasteiger partial charge in [0, 0.05) is 16.3 Å². The fourth-order valence-electron chi connectivity index (χ4n) is 8.26. The molecular formula is C44H25NO. The van der Waals surface area contributed by atoms with Crippen LogP contribution < -0.4 is 0 Å². The molecule has 212 valence electrons. The lowest BCUT2D eigenvalue weighted by Crippen LogP contribution is -2.29. The van der Waals surface area contributed by atoms with Gasteiger partial charge in [-0.05, 0) is 73.3 Å². The lowest BCUT2D eigenvalue weighted by atomic mass is 9.65. The quantitative estimate of drug-likeness (QED) is 0.176. The van der Waals surface area contributed by atoms with Crippen molar-refractivity contribution in [2.45, 2.75) is 5.41 Å². The number of nitrogens with zero attached hydrogens (tertiary/aromatic N) is 1. The zero-order chi connectivity index (χ0) is 30.4. The SMILES string of the molecule is [C-]#[N+]c1ccc(-c2ccc3c(c2)C2(c4ccccc4-c4ccccc4-3)c3ccccc3-c3c2ccc2c3oc3ccccc32)cc1. The summed E-state index contributed by atoms with van der Waals surface area (Å²) in [5.41, 5.74) is 16.4. The zero-order valence-corrected chi connectivity index (χ0v) is 24.8. The maximum atomic E-state index is 7.46. The summed E-state index contributed by atoms with van der Waals surface area (Å²) in [7, 11) is 0. The molecule has 1 heterocycles. The first-order valence-corrected chi connectivity index (χ1v) is 15.6. The van der Waals surface area contributed by atoms with Crippen LogP contribution in [0.5, 0.6) is 0 Å². The van der Waals surface area contributed by atoms with E-state index in [1.807, 2.05) is 18.2 Å². The van der Waals surface area contributed by atoms with Crippen LogP contribution >= 0.6 is 0 Å². The van der Waals surface area contributed by atoms with E-state index in [0.29, 0.717) is 5.69 Å². The van der Waals surface area contributed by atoms with Gasteiger partial charge in [0.2, 0.25) is 0 Å². The van der Waals surface area contributed by atoms with E-state index < -0.39 is 5.41 Å². The first kappa shape index (κ1) is 25.2. The standard InChI is InChI=1S/C44H25NO/c1-45-29-21-18-27(19-22-29)28-20-23-33-31-11-3-2-10-30(31)32-12-4-7-15-37(32)44(40(33)26-28)38-16-8-5-14-36(38)42-39(44)25-24-35-34-13-6-9-17-41(34)46-43(35)42/h2-26H. The van der Waals surface area contributed by atoms with Gasteiger partial charge in [0.25, 0.3) is 0 Å². The highest BCUT2D eigenvalue weighted by molar-refractivity contribution is 6.13. The Labute approximate surface area is 266 Å². The third-order valence-electron chi connectivity index (χ3n) is 10.1. The average Bonchev–Trinajstić information content (AvgIpc) is 3.62. The summed E-state index contributed by atoms with van der Waals surface area (Å²) in [6.45, 7) is 7.46. The Morgan fingerprint density at radius 1 is 0.457 bits per heavy atom. The summed E-state index contributed by atoms with van der Waals surface area (Å²) in [4.78, 5) is 3.63. The topological polar surface area (TPSA) is 17.5 Å². The third-order valence-corrected chi connectivity index (χ3v) is 10.1. The summed E-state index contributed by atoms with van der Waals surface area (Å²) < 4.78 is 6.75. The Morgan fingerprint density at radius 3 is 1.83 bits per heavy atom. The van der Waals surface area contributed by atoms with Crippen molar-refractivity contribution in [2.24, 2.45) is 0 Å². The van der Waals surface area contributed by atoms with Crippen LogP contribution in [-0.4, -0.2) is 0 Å². The second kappa shape index (κ2) is 9.17. The van der Waals surface area contributed by atoms with E-state index in [-0.39, 0.29) is 0 Å². The van der Waals surface area contributed by atoms with Crippen LogP contribution in [0.15, 0.2) is 156 Å². The van der Waals surface area contributed by atoms with E-state index in [1.54, 1.807) is 0 Å². The molecule has 0 fully saturated rings. The van der Waals surface area contributed by atoms with Crippen LogP contribution in [0.25, 0.3) is 71.3 Å². The Hall–Kier alpha value is -6.17. The lowest BCUT2D eigenvalue weighted by molar-refractivity contribution is 0.669. The van der Waals surface area contributed by atoms with Crippen LogP contribution in [-0.2, 0) is 5.41 Å². The minimum atomic E-state index is -0.601. The molecule has 0 saturated carbocycles. The maximum absolute atomic E-state index is 7.46. The van der Waals surface area contributed by atoms with Gasteiger partial charge in [-0.2, -0.15) is 0 Å². The molecule has 0 N–H and O–H groups in total. The molecule has 2 nitrogen and oxygen atoms in total. The van der Waals surface area contributed by atoms with Crippen molar-refractivity contribution in [3.8, 4) is 44.5 Å². The normalized spacial score (nSPS) is 15.5. The first-order chi connectivity index (χ1) is 22.8. The van der Waals surface area contributed by atoms with Crippen molar-refractivity contribution in [2.75, 3.05) is 0 Å². The molecule has 46 heavy (non-hydrogen) atoms. The van der Waals surface area contributed by atoms with Gasteiger partial charge in [-0.15, -0.1) is 0 Å². The van der Waals surface area contributed by atoms with Gasteiger partial charge in [0.1, 0.15) is 11.2 Å². The maximum Gasteiger partial charge on any atom is 0.187 e. The Balaban J connectivity index is 1.41. The summed E-state index contributed by atoms with van der Waals surface area (Å²) in [5.74, 6) is 0. The lowest BCUT2D eigenvalue weighted by Gasteiger charge is -2.35. The number of benzene rings is 7. The van der Waals surface area contributed by atoms with E-state index in [0.717, 1.165) is 33.1 Å². The second-order valence-electron chi connectivity index (χ2n) is 12.3. The molecule has 0 bridgehead atoms. The molecule has 7 aromatic carbocycles. The predicted octanol–water partition coefficient (Wildman–Crippen LogP) is 11.8. The molecule has 0 saturated heterocycles. The molecule has 0 radical (unpaired) electrons. The molecule has 1 spiro atoms. The van der Waals surface area contributed by atoms with Crippen LogP contribution in [0.4, 0.5) is 5.69 Å². The molecule has 2 aliphatic carbocycles. The van der Waals surface area contributed by atoms with Crippen molar-refractivity contribution >= 4 is 27.6 Å². The van der Waals surface area contributed by atoms with Crippen molar-refractivity contribution < 1.29 is 4.42 Å². The fraction of sp³-hybridized carbons (Fsp3) is 0.0227. The van der Waals surface area contributed by atoms with Gasteiger partial charge in [-0.25, -0.2) is 4.85 Å². The van der Waals surface area contributed by atoms with Crippen molar-refractivity contribution in [3.63, 3.8) is 0 Å². The van der Waals surface area contributed by atoms with Crippen LogP contribution in [0.3, 0.4) is 0 Å². The molecule has 8 aromatic rings. The number of furan rings is 1. The molecule has 0 aliphatic heterocycles. The van der Waals surface area contributed by atoms with Gasteiger partial charge in [0.05, 0.1) is 12.0 Å². The van der Waals surface area contributed by atoms with Gasteiger partial charge in [-0.3, -0.25) is 0 Å². The minimum absolute atomic E-state index is 0.601. The van der Waals surface area contributed by atoms with E-state index in [4.69, 9.17) is 11.0 Å². The van der Waals surface area contributed by atoms with E-state index in [1.165, 1.54) is 55.6 Å². The van der Waals surface area contributed by atoms with E-state index in [2.05, 4.69) is 138 Å². The van der Waals surface area contributed by atoms with Crippen molar-refractivity contribution in [1.82, 2.24) is 0 Å². The first-order valence-electron chi connectivity index (χ1n) is 15.6. The highest BCUT2D eigenvalue weighted by atomic mass is 16.3. The summed E-state index contributed by atoms with van der Waals surface area (Å²) in [6.07, 6.45) is 0. The van der Waals surface area contributed by atoms with Crippen LogP contribution in [0.1, 0.15) is 22.3 Å². The summed E-state index contributed by atoms with van der Waals surface area (Å²) >= 11 is 0. The van der Waals surface area contributed by atoms with Gasteiger partial charge < -0.3 is 4.42 Å². The largest absolute Gasteiger partial charge is 0.455 e. The molecule has 2 heteroatoms. The summed E-state index contributed by atoms with van der Waals surface area (Å²) in [5, 5.41) is 2.28. The number of rotatable bonds is 1. The molecule has 0 amide bonds. The fourth-order valence-corrected chi connectivity index (χ4v) is 8.26. The van der Waals surface area contributed by atoms with Gasteiger partial charge in [0.15, 0.2) is 5.69 Å². The monoisotopic (exact) mass is 583 g/mol. The van der Waals surface area contributed by atoms with Crippen molar-refractivity contribution in [3.05, 3.63) is 185 Å². The molecule has 10 rings (SSSR count). The number of hydrogen-bond acceptors (Lipinski definition) is 1. The molecular weight excluding hydrogens is 558 g/mol. The molecule has 1 aromatic heterocycles. The predicted molar refractivity (Wildman–Crippen MR) is 187 cm³/mol. The average molecular weight is 584 g/mol. The van der Waals surface area contributed by atoms with E-state index in [9.17, 15) is 0 Å². The smallest absolute Gasteiger partial charge is 0.187 e.